The number of hydrogen-bond acceptors (Lipinski definition) is 7. The second-order valence-electron chi connectivity index (χ2n) is 9.12. The summed E-state index contributed by atoms with van der Waals surface area (Å²) in [6, 6.07) is 17.9. The first-order valence-electron chi connectivity index (χ1n) is 12.8. The van der Waals surface area contributed by atoms with Crippen molar-refractivity contribution in [3.05, 3.63) is 76.5 Å². The molecular formula is C28H31N5O4S. The number of nitrogens with one attached hydrogen (secondary N) is 1. The van der Waals surface area contributed by atoms with Crippen molar-refractivity contribution >= 4 is 34.2 Å². The van der Waals surface area contributed by atoms with E-state index in [9.17, 15) is 9.59 Å². The zero-order chi connectivity index (χ0) is 26.3. The van der Waals surface area contributed by atoms with Crippen LogP contribution in [0.15, 0.2) is 66.0 Å². The van der Waals surface area contributed by atoms with Crippen molar-refractivity contribution in [2.24, 2.45) is 0 Å². The minimum Gasteiger partial charge on any atom is -0.494 e. The molecule has 9 nitrogen and oxygen atoms in total. The van der Waals surface area contributed by atoms with E-state index in [0.29, 0.717) is 36.6 Å². The van der Waals surface area contributed by atoms with Crippen molar-refractivity contribution < 1.29 is 19.1 Å². The van der Waals surface area contributed by atoms with E-state index in [-0.39, 0.29) is 31.0 Å². The van der Waals surface area contributed by atoms with E-state index in [0.717, 1.165) is 23.2 Å². The molecule has 5 rings (SSSR count). The number of ether oxygens (including phenoxy) is 2. The van der Waals surface area contributed by atoms with E-state index in [1.807, 2.05) is 73.0 Å². The fraction of sp³-hybridized carbons (Fsp3) is 0.357. The van der Waals surface area contributed by atoms with E-state index in [1.165, 1.54) is 0 Å². The molecule has 198 valence electrons. The van der Waals surface area contributed by atoms with Crippen molar-refractivity contribution in [3.63, 3.8) is 0 Å². The number of para-hydroxylation sites is 1. The largest absolute Gasteiger partial charge is 0.494 e. The normalized spacial score (nSPS) is 15.9. The number of thiophene rings is 1. The third-order valence-corrected chi connectivity index (χ3v) is 7.39. The van der Waals surface area contributed by atoms with Gasteiger partial charge in [-0.3, -0.25) is 9.59 Å². The number of aromatic nitrogens is 3. The van der Waals surface area contributed by atoms with Gasteiger partial charge in [-0.25, -0.2) is 4.68 Å². The summed E-state index contributed by atoms with van der Waals surface area (Å²) in [6.07, 6.45) is 1.88. The quantitative estimate of drug-likeness (QED) is 0.313. The van der Waals surface area contributed by atoms with Gasteiger partial charge in [0.2, 0.25) is 11.8 Å². The number of nitrogens with zero attached hydrogens (tertiary/aromatic N) is 4. The molecule has 0 unspecified atom stereocenters. The highest BCUT2D eigenvalue weighted by Gasteiger charge is 2.33. The van der Waals surface area contributed by atoms with Gasteiger partial charge < -0.3 is 19.7 Å². The zero-order valence-corrected chi connectivity index (χ0v) is 22.1. The van der Waals surface area contributed by atoms with E-state index in [2.05, 4.69) is 15.6 Å². The van der Waals surface area contributed by atoms with E-state index >= 15 is 0 Å². The van der Waals surface area contributed by atoms with Gasteiger partial charge in [-0.2, -0.15) is 0 Å². The molecule has 1 saturated heterocycles. The molecular weight excluding hydrogens is 502 g/mol. The fourth-order valence-corrected chi connectivity index (χ4v) is 5.35. The molecule has 2 aromatic carbocycles. The van der Waals surface area contributed by atoms with Crippen LogP contribution < -0.4 is 10.1 Å². The van der Waals surface area contributed by atoms with Crippen LogP contribution in [0.25, 0.3) is 11.0 Å². The summed E-state index contributed by atoms with van der Waals surface area (Å²) in [6.45, 7) is 3.82. The molecule has 3 heterocycles. The Hall–Kier alpha value is -3.76. The van der Waals surface area contributed by atoms with Crippen LogP contribution >= 0.6 is 11.3 Å². The first-order valence-corrected chi connectivity index (χ1v) is 13.7. The number of rotatable bonds is 11. The Balaban J connectivity index is 1.47. The van der Waals surface area contributed by atoms with E-state index < -0.39 is 6.04 Å². The summed E-state index contributed by atoms with van der Waals surface area (Å²) < 4.78 is 12.9. The van der Waals surface area contributed by atoms with Crippen LogP contribution in [0, 0.1) is 0 Å². The molecule has 2 atom stereocenters. The maximum atomic E-state index is 13.9. The first kappa shape index (κ1) is 25.9. The molecule has 1 N–H and O–H groups in total. The molecule has 0 saturated carbocycles. The lowest BCUT2D eigenvalue weighted by Gasteiger charge is -2.31. The number of amides is 2. The predicted molar refractivity (Wildman–Crippen MR) is 145 cm³/mol. The fourth-order valence-electron chi connectivity index (χ4n) is 4.65. The van der Waals surface area contributed by atoms with Crippen LogP contribution in [0.4, 0.5) is 0 Å². The van der Waals surface area contributed by atoms with Crippen LogP contribution in [0.2, 0.25) is 0 Å². The van der Waals surface area contributed by atoms with Crippen molar-refractivity contribution in [1.82, 2.24) is 25.2 Å². The topological polar surface area (TPSA) is 98.6 Å². The standard InChI is InChI=1S/C28H31N5O4S/c1-2-36-21-13-11-20(12-14-21)27(28(35)29-17-22-7-5-15-37-22)32(18-23-8-6-16-38-23)26(34)19-33-25-10-4-3-9-24(25)30-31-33/h3-4,6,8-14,16,22,27H,2,5,7,15,17-19H2,1H3,(H,29,35)/t22-,27+/m1/s1. The molecule has 1 aliphatic heterocycles. The van der Waals surface area contributed by atoms with Crippen LogP contribution in [0.5, 0.6) is 5.75 Å². The first-order chi connectivity index (χ1) is 18.6. The highest BCUT2D eigenvalue weighted by atomic mass is 32.1. The number of fused-ring (bicyclic) bond motifs is 1. The summed E-state index contributed by atoms with van der Waals surface area (Å²) in [5.74, 6) is 0.221. The summed E-state index contributed by atoms with van der Waals surface area (Å²) in [5.41, 5.74) is 2.17. The maximum absolute atomic E-state index is 13.9. The minimum atomic E-state index is -0.850. The Morgan fingerprint density at radius 3 is 2.76 bits per heavy atom. The van der Waals surface area contributed by atoms with Gasteiger partial charge in [0, 0.05) is 18.0 Å². The Labute approximate surface area is 225 Å². The van der Waals surface area contributed by atoms with Crippen molar-refractivity contribution in [2.45, 2.75) is 45.0 Å². The van der Waals surface area contributed by atoms with E-state index in [4.69, 9.17) is 9.47 Å². The molecule has 1 fully saturated rings. The summed E-state index contributed by atoms with van der Waals surface area (Å²) >= 11 is 1.55. The highest BCUT2D eigenvalue weighted by molar-refractivity contribution is 7.09. The molecule has 0 bridgehead atoms. The lowest BCUT2D eigenvalue weighted by Crippen LogP contribution is -2.46. The molecule has 0 aliphatic carbocycles. The zero-order valence-electron chi connectivity index (χ0n) is 21.3. The number of benzene rings is 2. The van der Waals surface area contributed by atoms with E-state index in [1.54, 1.807) is 20.9 Å². The number of carbonyl (C=O) groups excluding carboxylic acids is 2. The maximum Gasteiger partial charge on any atom is 0.247 e. The SMILES string of the molecule is CCOc1ccc([C@@H](C(=O)NC[C@H]2CCCO2)N(Cc2cccs2)C(=O)Cn2nnc3ccccc32)cc1. The highest BCUT2D eigenvalue weighted by Crippen LogP contribution is 2.28. The molecule has 38 heavy (non-hydrogen) atoms. The van der Waals surface area contributed by atoms with Gasteiger partial charge in [0.05, 0.1) is 24.8 Å². The summed E-state index contributed by atoms with van der Waals surface area (Å²) in [7, 11) is 0. The minimum absolute atomic E-state index is 0.0112. The molecule has 2 aromatic heterocycles. The van der Waals surface area contributed by atoms with Gasteiger partial charge in [-0.05, 0) is 61.0 Å². The number of carbonyl (C=O) groups is 2. The predicted octanol–water partition coefficient (Wildman–Crippen LogP) is 3.96. The lowest BCUT2D eigenvalue weighted by molar-refractivity contribution is -0.142. The molecule has 0 spiro atoms. The smallest absolute Gasteiger partial charge is 0.247 e. The van der Waals surface area contributed by atoms with Gasteiger partial charge >= 0.3 is 0 Å². The average molecular weight is 534 g/mol. The Morgan fingerprint density at radius 1 is 1.18 bits per heavy atom. The second kappa shape index (κ2) is 12.2. The summed E-state index contributed by atoms with van der Waals surface area (Å²) in [5, 5.41) is 13.4. The van der Waals surface area contributed by atoms with Crippen LogP contribution in [0.1, 0.15) is 36.2 Å². The molecule has 10 heteroatoms. The van der Waals surface area contributed by atoms with Crippen molar-refractivity contribution in [3.8, 4) is 5.75 Å². The molecule has 4 aromatic rings. The molecule has 0 radical (unpaired) electrons. The average Bonchev–Trinajstić information content (AvgIpc) is 3.71. The summed E-state index contributed by atoms with van der Waals surface area (Å²) in [4.78, 5) is 30.3. The Bertz CT molecular complexity index is 1350. The van der Waals surface area contributed by atoms with Gasteiger partial charge in [-0.1, -0.05) is 35.5 Å². The van der Waals surface area contributed by atoms with Crippen LogP contribution in [-0.2, 0) is 27.4 Å². The monoisotopic (exact) mass is 533 g/mol. The molecule has 2 amide bonds. The van der Waals surface area contributed by atoms with Crippen molar-refractivity contribution in [1.29, 1.82) is 0 Å². The van der Waals surface area contributed by atoms with Crippen LogP contribution in [0.3, 0.4) is 0 Å². The number of hydrogen-bond donors (Lipinski definition) is 1. The van der Waals surface area contributed by atoms with Gasteiger partial charge in [-0.15, -0.1) is 16.4 Å². The third-order valence-electron chi connectivity index (χ3n) is 6.53. The second-order valence-corrected chi connectivity index (χ2v) is 10.2. The Morgan fingerprint density at radius 2 is 2.03 bits per heavy atom. The van der Waals surface area contributed by atoms with Gasteiger partial charge in [0.15, 0.2) is 0 Å². The molecule has 1 aliphatic rings. The Kier molecular flexibility index (Phi) is 8.30. The van der Waals surface area contributed by atoms with Gasteiger partial charge in [0.25, 0.3) is 0 Å². The third kappa shape index (κ3) is 6.03. The van der Waals surface area contributed by atoms with Gasteiger partial charge in [0.1, 0.15) is 23.9 Å². The van der Waals surface area contributed by atoms with Crippen molar-refractivity contribution in [2.75, 3.05) is 19.8 Å². The van der Waals surface area contributed by atoms with Crippen LogP contribution in [-0.4, -0.2) is 57.6 Å². The lowest BCUT2D eigenvalue weighted by atomic mass is 10.0.